The van der Waals surface area contributed by atoms with Gasteiger partial charge >= 0.3 is 6.03 Å². The van der Waals surface area contributed by atoms with Crippen LogP contribution in [-0.2, 0) is 0 Å². The van der Waals surface area contributed by atoms with Gasteiger partial charge in [-0.2, -0.15) is 4.39 Å². The number of aromatic nitrogens is 2. The Balaban J connectivity index is 1.35. The van der Waals surface area contributed by atoms with E-state index < -0.39 is 23.4 Å². The molecule has 3 aromatic carbocycles. The topological polar surface area (TPSA) is 91.4 Å². The number of rotatable bonds is 5. The van der Waals surface area contributed by atoms with E-state index in [9.17, 15) is 13.6 Å². The number of carbonyl (C=O) groups excluding carboxylic acids is 1. The van der Waals surface area contributed by atoms with Crippen LogP contribution in [0.1, 0.15) is 0 Å². The normalized spacial score (nSPS) is 13.5. The van der Waals surface area contributed by atoms with Gasteiger partial charge in [-0.25, -0.2) is 14.2 Å². The quantitative estimate of drug-likeness (QED) is 0.333. The predicted molar refractivity (Wildman–Crippen MR) is 135 cm³/mol. The van der Waals surface area contributed by atoms with Gasteiger partial charge in [-0.15, -0.1) is 0 Å². The number of piperazine rings is 1. The van der Waals surface area contributed by atoms with Crippen molar-refractivity contribution in [3.8, 4) is 11.5 Å². The monoisotopic (exact) mass is 510 g/mol. The number of anilines is 3. The lowest BCUT2D eigenvalue weighted by molar-refractivity contribution is 0.262. The molecular weight excluding hydrogens is 490 g/mol. The van der Waals surface area contributed by atoms with Gasteiger partial charge in [0.15, 0.2) is 11.6 Å². The summed E-state index contributed by atoms with van der Waals surface area (Å²) in [7, 11) is 0. The molecule has 1 aliphatic rings. The Morgan fingerprint density at radius 1 is 1.00 bits per heavy atom. The van der Waals surface area contributed by atoms with Crippen LogP contribution < -0.4 is 25.6 Å². The first kappa shape index (κ1) is 23.7. The molecule has 1 aliphatic heterocycles. The van der Waals surface area contributed by atoms with E-state index in [0.29, 0.717) is 21.7 Å². The second-order valence-corrected chi connectivity index (χ2v) is 8.51. The van der Waals surface area contributed by atoms with Crippen molar-refractivity contribution in [1.29, 1.82) is 0 Å². The summed E-state index contributed by atoms with van der Waals surface area (Å²) in [6, 6.07) is 12.8. The molecule has 5 rings (SSSR count). The number of fused-ring (bicyclic) bond motifs is 1. The highest BCUT2D eigenvalue weighted by molar-refractivity contribution is 6.30. The molecule has 1 saturated heterocycles. The summed E-state index contributed by atoms with van der Waals surface area (Å²) in [4.78, 5) is 23.5. The van der Waals surface area contributed by atoms with Crippen molar-refractivity contribution >= 4 is 45.9 Å². The smallest absolute Gasteiger partial charge is 0.323 e. The summed E-state index contributed by atoms with van der Waals surface area (Å²) in [6.07, 6.45) is 1.72. The number of ether oxygens (including phenoxy) is 1. The first-order valence-corrected chi connectivity index (χ1v) is 11.6. The van der Waals surface area contributed by atoms with Gasteiger partial charge in [0, 0.05) is 60.8 Å². The van der Waals surface area contributed by atoms with Crippen LogP contribution >= 0.6 is 11.6 Å². The van der Waals surface area contributed by atoms with E-state index >= 15 is 0 Å². The van der Waals surface area contributed by atoms with Gasteiger partial charge in [0.05, 0.1) is 17.2 Å². The van der Waals surface area contributed by atoms with Gasteiger partial charge in [0.2, 0.25) is 5.82 Å². The minimum Gasteiger partial charge on any atom is -0.454 e. The molecule has 0 aliphatic carbocycles. The molecule has 0 saturated carbocycles. The van der Waals surface area contributed by atoms with Crippen molar-refractivity contribution in [2.45, 2.75) is 0 Å². The van der Waals surface area contributed by atoms with E-state index in [2.05, 4.69) is 30.8 Å². The fourth-order valence-electron chi connectivity index (χ4n) is 3.79. The lowest BCUT2D eigenvalue weighted by Crippen LogP contribution is -2.43. The number of nitrogens with one attached hydrogen (secondary N) is 3. The van der Waals surface area contributed by atoms with E-state index in [1.165, 1.54) is 6.07 Å². The average molecular weight is 511 g/mol. The fourth-order valence-corrected chi connectivity index (χ4v) is 3.98. The lowest BCUT2D eigenvalue weighted by Gasteiger charge is -2.28. The number of benzene rings is 3. The maximum Gasteiger partial charge on any atom is 0.323 e. The van der Waals surface area contributed by atoms with Crippen LogP contribution in [0.5, 0.6) is 11.5 Å². The Morgan fingerprint density at radius 3 is 2.61 bits per heavy atom. The van der Waals surface area contributed by atoms with Gasteiger partial charge in [-0.1, -0.05) is 17.7 Å². The third kappa shape index (κ3) is 5.45. The van der Waals surface area contributed by atoms with Crippen LogP contribution in [0.3, 0.4) is 0 Å². The number of nitrogens with zero attached hydrogens (tertiary/aromatic N) is 3. The number of amides is 2. The Kier molecular flexibility index (Phi) is 6.79. The minimum absolute atomic E-state index is 0.00463. The predicted octanol–water partition coefficient (Wildman–Crippen LogP) is 5.41. The van der Waals surface area contributed by atoms with Crippen LogP contribution in [0.4, 0.5) is 30.8 Å². The molecule has 8 nitrogen and oxygen atoms in total. The number of carbonyl (C=O) groups is 1. The maximum absolute atomic E-state index is 14.5. The first-order valence-electron chi connectivity index (χ1n) is 11.2. The molecular formula is C25H21ClF2N6O2. The SMILES string of the molecule is O=C(Nc1cccc(Cl)c1)Nc1cc(F)c(F)c(Oc2ccc3ncc(N4CCNCC4)nc3c2)c1. The molecule has 4 aromatic rings. The summed E-state index contributed by atoms with van der Waals surface area (Å²) in [5.74, 6) is -1.77. The largest absolute Gasteiger partial charge is 0.454 e. The van der Waals surface area contributed by atoms with Crippen LogP contribution in [-0.4, -0.2) is 42.2 Å². The third-order valence-corrected chi connectivity index (χ3v) is 5.74. The highest BCUT2D eigenvalue weighted by Gasteiger charge is 2.16. The molecule has 0 spiro atoms. The van der Waals surface area contributed by atoms with Gasteiger partial charge in [-0.3, -0.25) is 4.98 Å². The second-order valence-electron chi connectivity index (χ2n) is 8.08. The average Bonchev–Trinajstić information content (AvgIpc) is 2.87. The molecule has 1 fully saturated rings. The van der Waals surface area contributed by atoms with Crippen LogP contribution in [0.25, 0.3) is 11.0 Å². The molecule has 3 N–H and O–H groups in total. The Bertz CT molecular complexity index is 1430. The minimum atomic E-state index is -1.18. The number of halogens is 3. The molecule has 0 atom stereocenters. The molecule has 11 heteroatoms. The van der Waals surface area contributed by atoms with Crippen molar-refractivity contribution in [3.63, 3.8) is 0 Å². The van der Waals surface area contributed by atoms with Gasteiger partial charge in [-0.05, 0) is 30.3 Å². The van der Waals surface area contributed by atoms with Crippen LogP contribution in [0.2, 0.25) is 5.02 Å². The van der Waals surface area contributed by atoms with E-state index in [-0.39, 0.29) is 11.4 Å². The molecule has 36 heavy (non-hydrogen) atoms. The molecule has 2 amide bonds. The standard InChI is InChI=1S/C25H21ClF2N6O2/c26-15-2-1-3-16(10-15)31-25(35)32-17-11-19(27)24(28)22(12-17)36-18-4-5-20-21(13-18)33-23(14-30-20)34-8-6-29-7-9-34/h1-5,10-14,29H,6-9H2,(H2,31,32,35). The number of urea groups is 1. The summed E-state index contributed by atoms with van der Waals surface area (Å²) in [5, 5.41) is 8.77. The summed E-state index contributed by atoms with van der Waals surface area (Å²) >= 11 is 5.92. The lowest BCUT2D eigenvalue weighted by atomic mass is 10.2. The molecule has 0 bridgehead atoms. The number of hydrogen-bond acceptors (Lipinski definition) is 6. The zero-order chi connectivity index (χ0) is 25.1. The Labute approximate surface area is 210 Å². The van der Waals surface area contributed by atoms with Crippen LogP contribution in [0.15, 0.2) is 60.8 Å². The molecule has 0 unspecified atom stereocenters. The Hall–Kier alpha value is -4.02. The van der Waals surface area contributed by atoms with E-state index in [1.807, 2.05) is 0 Å². The molecule has 0 radical (unpaired) electrons. The van der Waals surface area contributed by atoms with Gasteiger partial charge in [0.1, 0.15) is 11.6 Å². The molecule has 1 aromatic heterocycles. The van der Waals surface area contributed by atoms with Crippen LogP contribution in [0, 0.1) is 11.6 Å². The van der Waals surface area contributed by atoms with E-state index in [0.717, 1.165) is 38.1 Å². The second kappa shape index (κ2) is 10.3. The summed E-state index contributed by atoms with van der Waals surface area (Å²) in [6.45, 7) is 3.33. The van der Waals surface area contributed by atoms with E-state index in [4.69, 9.17) is 16.3 Å². The highest BCUT2D eigenvalue weighted by Crippen LogP contribution is 2.31. The maximum atomic E-state index is 14.5. The molecule has 184 valence electrons. The number of hydrogen-bond donors (Lipinski definition) is 3. The third-order valence-electron chi connectivity index (χ3n) is 5.50. The van der Waals surface area contributed by atoms with Crippen molar-refractivity contribution in [2.24, 2.45) is 0 Å². The molecule has 2 heterocycles. The summed E-state index contributed by atoms with van der Waals surface area (Å²) in [5.41, 5.74) is 1.64. The highest BCUT2D eigenvalue weighted by atomic mass is 35.5. The summed E-state index contributed by atoms with van der Waals surface area (Å²) < 4.78 is 34.5. The van der Waals surface area contributed by atoms with E-state index in [1.54, 1.807) is 48.7 Å². The van der Waals surface area contributed by atoms with Crippen molar-refractivity contribution < 1.29 is 18.3 Å². The zero-order valence-electron chi connectivity index (χ0n) is 18.9. The van der Waals surface area contributed by atoms with Gasteiger partial charge < -0.3 is 25.6 Å². The first-order chi connectivity index (χ1) is 17.4. The zero-order valence-corrected chi connectivity index (χ0v) is 19.6. The van der Waals surface area contributed by atoms with Crippen molar-refractivity contribution in [1.82, 2.24) is 15.3 Å². The fraction of sp³-hybridized carbons (Fsp3) is 0.160. The van der Waals surface area contributed by atoms with Gasteiger partial charge in [0.25, 0.3) is 0 Å². The van der Waals surface area contributed by atoms with Crippen molar-refractivity contribution in [3.05, 3.63) is 77.5 Å². The van der Waals surface area contributed by atoms with Crippen molar-refractivity contribution in [2.75, 3.05) is 41.7 Å². The Morgan fingerprint density at radius 2 is 1.81 bits per heavy atom.